The summed E-state index contributed by atoms with van der Waals surface area (Å²) in [6, 6.07) is 3.83. The summed E-state index contributed by atoms with van der Waals surface area (Å²) >= 11 is 4.06. The number of carbonyl (C=O) groups excluding carboxylic acids is 1. The Morgan fingerprint density at radius 2 is 2.17 bits per heavy atom. The highest BCUT2D eigenvalue weighted by atomic mass is 32.1. The summed E-state index contributed by atoms with van der Waals surface area (Å²) in [4.78, 5) is 15.8. The fourth-order valence-electron chi connectivity index (χ4n) is 1.36. The number of hydrogen-bond acceptors (Lipinski definition) is 5. The molecule has 18 heavy (non-hydrogen) atoms. The van der Waals surface area contributed by atoms with Gasteiger partial charge in [-0.1, -0.05) is 0 Å². The Kier molecular flexibility index (Phi) is 3.42. The van der Waals surface area contributed by atoms with E-state index >= 15 is 0 Å². The molecule has 94 valence electrons. The highest BCUT2D eigenvalue weighted by Crippen LogP contribution is 2.25. The fraction of sp³-hybridized carbons (Fsp3) is 0.0909. The summed E-state index contributed by atoms with van der Waals surface area (Å²) in [5.74, 6) is -0.186. The number of nitrogens with one attached hydrogen (secondary N) is 1. The predicted molar refractivity (Wildman–Crippen MR) is 68.9 cm³/mol. The lowest BCUT2D eigenvalue weighted by atomic mass is 10.2. The molecule has 0 fully saturated rings. The summed E-state index contributed by atoms with van der Waals surface area (Å²) < 4.78 is 1.69. The highest BCUT2D eigenvalue weighted by Gasteiger charge is 2.10. The van der Waals surface area contributed by atoms with E-state index in [4.69, 9.17) is 5.11 Å². The molecule has 2 rings (SSSR count). The largest absolute Gasteiger partial charge is 0.504 e. The van der Waals surface area contributed by atoms with Gasteiger partial charge in [0.15, 0.2) is 17.3 Å². The van der Waals surface area contributed by atoms with Gasteiger partial charge in [0, 0.05) is 11.8 Å². The molecule has 0 aliphatic carbocycles. The Labute approximate surface area is 108 Å². The molecule has 1 aromatic heterocycles. The second-order valence-corrected chi connectivity index (χ2v) is 3.86. The van der Waals surface area contributed by atoms with Crippen LogP contribution in [-0.4, -0.2) is 25.7 Å². The van der Waals surface area contributed by atoms with Crippen molar-refractivity contribution < 1.29 is 15.0 Å². The smallest absolute Gasteiger partial charge is 0.256 e. The van der Waals surface area contributed by atoms with E-state index in [1.165, 1.54) is 24.5 Å². The van der Waals surface area contributed by atoms with Gasteiger partial charge in [-0.05, 0) is 18.2 Å². The lowest BCUT2D eigenvalue weighted by molar-refractivity contribution is 0.102. The average Bonchev–Trinajstić information content (AvgIpc) is 2.80. The molecule has 0 aliphatic rings. The standard InChI is InChI=1S/C11H11N3O3S/c15-8-2-1-7(3-9(8)16)11(17)13-10-4-14(6-18)5-12-10/h1-5,15-16,18H,6H2,(H,13,17). The van der Waals surface area contributed by atoms with Crippen molar-refractivity contribution in [3.8, 4) is 11.5 Å². The molecule has 0 unspecified atom stereocenters. The van der Waals surface area contributed by atoms with Crippen LogP contribution < -0.4 is 5.32 Å². The molecule has 0 saturated heterocycles. The van der Waals surface area contributed by atoms with Gasteiger partial charge in [0.2, 0.25) is 0 Å². The minimum absolute atomic E-state index is 0.228. The van der Waals surface area contributed by atoms with E-state index in [0.29, 0.717) is 11.7 Å². The lowest BCUT2D eigenvalue weighted by Crippen LogP contribution is -2.11. The maximum atomic E-state index is 11.8. The molecule has 0 bridgehead atoms. The van der Waals surface area contributed by atoms with Gasteiger partial charge in [-0.3, -0.25) is 4.79 Å². The number of anilines is 1. The molecule has 0 radical (unpaired) electrons. The summed E-state index contributed by atoms with van der Waals surface area (Å²) in [5.41, 5.74) is 0.228. The fourth-order valence-corrected chi connectivity index (χ4v) is 1.51. The topological polar surface area (TPSA) is 87.4 Å². The number of nitrogens with zero attached hydrogens (tertiary/aromatic N) is 2. The van der Waals surface area contributed by atoms with Crippen LogP contribution in [0.1, 0.15) is 10.4 Å². The van der Waals surface area contributed by atoms with Crippen molar-refractivity contribution in [3.63, 3.8) is 0 Å². The van der Waals surface area contributed by atoms with Crippen molar-refractivity contribution in [3.05, 3.63) is 36.3 Å². The number of aromatic nitrogens is 2. The molecule has 3 N–H and O–H groups in total. The molecular formula is C11H11N3O3S. The molecular weight excluding hydrogens is 254 g/mol. The van der Waals surface area contributed by atoms with Crippen LogP contribution in [0.5, 0.6) is 11.5 Å². The molecule has 1 amide bonds. The number of thiol groups is 1. The van der Waals surface area contributed by atoms with E-state index in [-0.39, 0.29) is 17.1 Å². The van der Waals surface area contributed by atoms with E-state index in [1.807, 2.05) is 0 Å². The Hall–Kier alpha value is -2.15. The van der Waals surface area contributed by atoms with E-state index in [9.17, 15) is 9.90 Å². The second kappa shape index (κ2) is 5.01. The number of phenolic OH excluding ortho intramolecular Hbond substituents is 2. The Morgan fingerprint density at radius 1 is 1.39 bits per heavy atom. The maximum absolute atomic E-state index is 11.8. The SMILES string of the molecule is O=C(Nc1cn(CS)cn1)c1ccc(O)c(O)c1. The van der Waals surface area contributed by atoms with Gasteiger partial charge in [0.1, 0.15) is 0 Å². The molecule has 6 nitrogen and oxygen atoms in total. The van der Waals surface area contributed by atoms with Crippen LogP contribution >= 0.6 is 12.6 Å². The van der Waals surface area contributed by atoms with Crippen molar-refractivity contribution in [2.45, 2.75) is 5.88 Å². The zero-order chi connectivity index (χ0) is 13.1. The van der Waals surface area contributed by atoms with Crippen LogP contribution in [0.2, 0.25) is 0 Å². The van der Waals surface area contributed by atoms with Crippen LogP contribution in [0.3, 0.4) is 0 Å². The van der Waals surface area contributed by atoms with Crippen molar-refractivity contribution in [1.29, 1.82) is 0 Å². The first-order valence-corrected chi connectivity index (χ1v) is 5.69. The van der Waals surface area contributed by atoms with Gasteiger partial charge < -0.3 is 20.1 Å². The average molecular weight is 265 g/mol. The van der Waals surface area contributed by atoms with Gasteiger partial charge >= 0.3 is 0 Å². The third kappa shape index (κ3) is 2.57. The van der Waals surface area contributed by atoms with Crippen molar-refractivity contribution >= 4 is 24.4 Å². The summed E-state index contributed by atoms with van der Waals surface area (Å²) in [5, 5.41) is 21.0. The molecule has 0 saturated carbocycles. The van der Waals surface area contributed by atoms with E-state index in [2.05, 4.69) is 22.9 Å². The molecule has 2 aromatic rings. The van der Waals surface area contributed by atoms with Crippen LogP contribution in [0.4, 0.5) is 5.82 Å². The molecule has 1 heterocycles. The third-order valence-corrected chi connectivity index (χ3v) is 2.60. The molecule has 1 aromatic carbocycles. The second-order valence-electron chi connectivity index (χ2n) is 3.57. The molecule has 0 atom stereocenters. The van der Waals surface area contributed by atoms with Crippen LogP contribution in [0.15, 0.2) is 30.7 Å². The zero-order valence-electron chi connectivity index (χ0n) is 9.24. The first-order chi connectivity index (χ1) is 8.60. The molecule has 0 spiro atoms. The molecule has 0 aliphatic heterocycles. The van der Waals surface area contributed by atoms with E-state index < -0.39 is 5.91 Å². The van der Waals surface area contributed by atoms with Crippen molar-refractivity contribution in [1.82, 2.24) is 9.55 Å². The van der Waals surface area contributed by atoms with E-state index in [0.717, 1.165) is 0 Å². The Balaban J connectivity index is 2.14. The highest BCUT2D eigenvalue weighted by molar-refractivity contribution is 7.79. The number of imidazole rings is 1. The Bertz CT molecular complexity index is 583. The molecule has 7 heteroatoms. The minimum Gasteiger partial charge on any atom is -0.504 e. The minimum atomic E-state index is -0.422. The first kappa shape index (κ1) is 12.3. The quantitative estimate of drug-likeness (QED) is 0.499. The van der Waals surface area contributed by atoms with Crippen LogP contribution in [0.25, 0.3) is 0 Å². The van der Waals surface area contributed by atoms with Crippen molar-refractivity contribution in [2.75, 3.05) is 5.32 Å². The summed E-state index contributed by atoms with van der Waals surface area (Å²) in [6.07, 6.45) is 3.17. The zero-order valence-corrected chi connectivity index (χ0v) is 10.1. The normalized spacial score (nSPS) is 10.3. The van der Waals surface area contributed by atoms with Gasteiger partial charge in [-0.2, -0.15) is 12.6 Å². The number of hydrogen-bond donors (Lipinski definition) is 4. The number of benzene rings is 1. The van der Waals surface area contributed by atoms with Crippen molar-refractivity contribution in [2.24, 2.45) is 0 Å². The monoisotopic (exact) mass is 265 g/mol. The number of amides is 1. The third-order valence-electron chi connectivity index (χ3n) is 2.28. The van der Waals surface area contributed by atoms with E-state index in [1.54, 1.807) is 10.8 Å². The van der Waals surface area contributed by atoms with Gasteiger partial charge in [0.25, 0.3) is 5.91 Å². The first-order valence-electron chi connectivity index (χ1n) is 5.06. The van der Waals surface area contributed by atoms with Gasteiger partial charge in [-0.15, -0.1) is 0 Å². The number of rotatable bonds is 3. The van der Waals surface area contributed by atoms with Gasteiger partial charge in [-0.25, -0.2) is 4.98 Å². The summed E-state index contributed by atoms with van der Waals surface area (Å²) in [7, 11) is 0. The number of phenols is 2. The van der Waals surface area contributed by atoms with Crippen LogP contribution in [-0.2, 0) is 5.88 Å². The van der Waals surface area contributed by atoms with Crippen LogP contribution in [0, 0.1) is 0 Å². The summed E-state index contributed by atoms with van der Waals surface area (Å²) in [6.45, 7) is 0. The number of carbonyl (C=O) groups is 1. The lowest BCUT2D eigenvalue weighted by Gasteiger charge is -2.03. The predicted octanol–water partition coefficient (Wildman–Crippen LogP) is 1.43. The van der Waals surface area contributed by atoms with Gasteiger partial charge in [0.05, 0.1) is 12.2 Å². The Morgan fingerprint density at radius 3 is 2.78 bits per heavy atom. The number of aromatic hydroxyl groups is 2. The maximum Gasteiger partial charge on any atom is 0.256 e.